The smallest absolute Gasteiger partial charge is 0.381 e. The Kier molecular flexibility index (Phi) is 15.7. The molecular formula is C18H23F19O3. The van der Waals surface area contributed by atoms with E-state index in [1.165, 1.54) is 32.1 Å². The van der Waals surface area contributed by atoms with E-state index < -0.39 is 54.9 Å². The zero-order valence-corrected chi connectivity index (χ0v) is 20.3. The fraction of sp³-hybridized carbons (Fsp3) is 1.00. The van der Waals surface area contributed by atoms with Gasteiger partial charge in [0.2, 0.25) is 0 Å². The van der Waals surface area contributed by atoms with E-state index in [2.05, 4.69) is 9.47 Å². The number of alkyl halides is 18. The Bertz CT molecular complexity index is 677. The molecule has 1 rings (SSSR count). The molecule has 0 bridgehead atoms. The molecule has 40 heavy (non-hydrogen) atoms. The van der Waals surface area contributed by atoms with Gasteiger partial charge in [-0.2, -0.15) is 70.2 Å². The van der Waals surface area contributed by atoms with Crippen LogP contribution in [-0.2, 0) is 14.2 Å². The first kappa shape index (κ1) is 43.0. The summed E-state index contributed by atoms with van der Waals surface area (Å²) >= 11 is 0. The van der Waals surface area contributed by atoms with Gasteiger partial charge in [0.1, 0.15) is 0 Å². The molecule has 0 heterocycles. The fourth-order valence-electron chi connectivity index (χ4n) is 2.70. The molecule has 0 N–H and O–H groups in total. The second-order valence-corrected chi connectivity index (χ2v) is 7.47. The zero-order valence-electron chi connectivity index (χ0n) is 20.3. The number of ether oxygens (including phenoxy) is 3. The van der Waals surface area contributed by atoms with Crippen LogP contribution in [0.5, 0.6) is 0 Å². The van der Waals surface area contributed by atoms with Crippen molar-refractivity contribution in [3.05, 3.63) is 0 Å². The molecule has 3 nitrogen and oxygen atoms in total. The minimum Gasteiger partial charge on any atom is -0.381 e. The van der Waals surface area contributed by atoms with E-state index >= 15 is 0 Å². The third-order valence-electron chi connectivity index (χ3n) is 4.83. The number of hydrogen-bond acceptors (Lipinski definition) is 3. The lowest BCUT2D eigenvalue weighted by molar-refractivity contribution is -0.448. The number of hydrogen-bond donors (Lipinski definition) is 0. The van der Waals surface area contributed by atoms with Crippen molar-refractivity contribution < 1.29 is 97.9 Å². The molecule has 0 radical (unpaired) electrons. The molecule has 246 valence electrons. The van der Waals surface area contributed by atoms with E-state index in [1.54, 1.807) is 0 Å². The maximum atomic E-state index is 12.6. The number of methoxy groups -OCH3 is 2. The van der Waals surface area contributed by atoms with E-state index in [1.807, 2.05) is 7.11 Å². The molecule has 1 saturated carbocycles. The topological polar surface area (TPSA) is 27.7 Å². The average molecular weight is 648 g/mol. The van der Waals surface area contributed by atoms with Gasteiger partial charge < -0.3 is 14.2 Å². The van der Waals surface area contributed by atoms with Gasteiger partial charge in [-0.25, -0.2) is 8.78 Å². The third-order valence-corrected chi connectivity index (χ3v) is 4.83. The summed E-state index contributed by atoms with van der Waals surface area (Å²) in [7, 11) is 1.64. The van der Waals surface area contributed by atoms with Gasteiger partial charge in [0.15, 0.2) is 0 Å². The summed E-state index contributed by atoms with van der Waals surface area (Å²) in [6, 6.07) is 0. The molecule has 0 atom stereocenters. The molecule has 0 amide bonds. The van der Waals surface area contributed by atoms with Crippen molar-refractivity contribution in [2.24, 2.45) is 0 Å². The second kappa shape index (κ2) is 14.6. The van der Waals surface area contributed by atoms with Crippen LogP contribution in [-0.4, -0.2) is 75.2 Å². The quantitative estimate of drug-likeness (QED) is 0.270. The maximum absolute atomic E-state index is 12.6. The highest BCUT2D eigenvalue weighted by atomic mass is 19.4. The van der Waals surface area contributed by atoms with Crippen LogP contribution in [0, 0.1) is 0 Å². The van der Waals surface area contributed by atoms with Crippen molar-refractivity contribution in [2.75, 3.05) is 20.8 Å². The Morgan fingerprint density at radius 1 is 0.525 bits per heavy atom. The molecule has 0 unspecified atom stereocenters. The first-order valence-electron chi connectivity index (χ1n) is 10.2. The summed E-state index contributed by atoms with van der Waals surface area (Å²) in [6.07, 6.45) is -32.1. The van der Waals surface area contributed by atoms with Gasteiger partial charge in [0, 0.05) is 14.2 Å². The lowest BCUT2D eigenvalue weighted by atomic mass is 9.98. The summed E-state index contributed by atoms with van der Waals surface area (Å²) in [5, 5.41) is 0. The first-order chi connectivity index (χ1) is 17.1. The van der Waals surface area contributed by atoms with Gasteiger partial charge in [0.25, 0.3) is 0 Å². The van der Waals surface area contributed by atoms with E-state index in [0.29, 0.717) is 13.0 Å². The maximum Gasteiger partial charge on any atom is 0.440 e. The molecule has 0 aromatic rings. The standard InChI is InChI=1S/C7H14O.C6H5F9O.C5H3F9O.FH/c1-8-7-5-3-2-4-6-7;1-2-16-6(14,15)3(7,4(8,9)10)5(11,12)13;1-15-5(13,14)2(6,3(7,8)9)4(10,11)12;/h7H,2-6H2,1H3;2H2,1H3;1H3;1H. The van der Waals surface area contributed by atoms with Crippen molar-refractivity contribution in [2.45, 2.75) is 93.4 Å². The van der Waals surface area contributed by atoms with Crippen LogP contribution >= 0.6 is 0 Å². The van der Waals surface area contributed by atoms with Crippen molar-refractivity contribution >= 4 is 0 Å². The van der Waals surface area contributed by atoms with E-state index in [0.717, 1.165) is 0 Å². The highest BCUT2D eigenvalue weighted by molar-refractivity contribution is 5.02. The highest BCUT2D eigenvalue weighted by Crippen LogP contribution is 2.55. The lowest BCUT2D eigenvalue weighted by Crippen LogP contribution is -2.65. The summed E-state index contributed by atoms with van der Waals surface area (Å²) in [4.78, 5) is 0. The van der Waals surface area contributed by atoms with Crippen molar-refractivity contribution in [1.82, 2.24) is 0 Å². The van der Waals surface area contributed by atoms with Gasteiger partial charge >= 0.3 is 48.3 Å². The predicted octanol–water partition coefficient (Wildman–Crippen LogP) is 8.63. The van der Waals surface area contributed by atoms with E-state index in [-0.39, 0.29) is 11.8 Å². The van der Waals surface area contributed by atoms with Gasteiger partial charge in [0.05, 0.1) is 12.7 Å². The molecule has 22 heteroatoms. The minimum absolute atomic E-state index is 0. The fourth-order valence-corrected chi connectivity index (χ4v) is 2.70. The molecule has 0 aromatic carbocycles. The monoisotopic (exact) mass is 648 g/mol. The summed E-state index contributed by atoms with van der Waals surface area (Å²) in [6.45, 7) is -0.522. The SMILES string of the molecule is CCOC(F)(F)C(F)(C(F)(F)F)C(F)(F)F.COC(F)(F)C(F)(C(F)(F)F)C(F)(F)F.COC1CCCCC1.F. The van der Waals surface area contributed by atoms with Gasteiger partial charge in [-0.3, -0.25) is 4.70 Å². The Morgan fingerprint density at radius 3 is 1.00 bits per heavy atom. The van der Waals surface area contributed by atoms with E-state index in [9.17, 15) is 79.0 Å². The third kappa shape index (κ3) is 9.55. The highest BCUT2D eigenvalue weighted by Gasteiger charge is 2.86. The molecule has 1 fully saturated rings. The molecule has 1 aliphatic rings. The zero-order chi connectivity index (χ0) is 31.9. The van der Waals surface area contributed by atoms with Crippen LogP contribution in [0.3, 0.4) is 0 Å². The molecule has 0 aliphatic heterocycles. The van der Waals surface area contributed by atoms with Gasteiger partial charge in [-0.1, -0.05) is 19.3 Å². The van der Waals surface area contributed by atoms with Gasteiger partial charge in [-0.05, 0) is 19.8 Å². The summed E-state index contributed by atoms with van der Waals surface area (Å²) in [5.41, 5.74) is -13.5. The Labute approximate surface area is 213 Å². The van der Waals surface area contributed by atoms with Crippen molar-refractivity contribution in [1.29, 1.82) is 0 Å². The summed E-state index contributed by atoms with van der Waals surface area (Å²) in [5.74, 6) is 0. The minimum atomic E-state index is -6.84. The van der Waals surface area contributed by atoms with Crippen LogP contribution in [0.2, 0.25) is 0 Å². The van der Waals surface area contributed by atoms with Crippen LogP contribution in [0.25, 0.3) is 0 Å². The Morgan fingerprint density at radius 2 is 0.825 bits per heavy atom. The van der Waals surface area contributed by atoms with E-state index in [4.69, 9.17) is 4.74 Å². The number of halogens is 19. The van der Waals surface area contributed by atoms with Crippen LogP contribution in [0.1, 0.15) is 39.0 Å². The number of rotatable bonds is 6. The lowest BCUT2D eigenvalue weighted by Gasteiger charge is -2.35. The van der Waals surface area contributed by atoms with Crippen LogP contribution < -0.4 is 0 Å². The van der Waals surface area contributed by atoms with Gasteiger partial charge in [-0.15, -0.1) is 0 Å². The Balaban J connectivity index is -0.000000531. The molecule has 0 aromatic heterocycles. The van der Waals surface area contributed by atoms with Crippen molar-refractivity contribution in [3.63, 3.8) is 0 Å². The normalized spacial score (nSPS) is 16.7. The second-order valence-electron chi connectivity index (χ2n) is 7.47. The molecule has 1 aliphatic carbocycles. The van der Waals surface area contributed by atoms with Crippen LogP contribution in [0.4, 0.5) is 83.7 Å². The predicted molar refractivity (Wildman–Crippen MR) is 96.8 cm³/mol. The van der Waals surface area contributed by atoms with Crippen LogP contribution in [0.15, 0.2) is 0 Å². The van der Waals surface area contributed by atoms with Crippen molar-refractivity contribution in [3.8, 4) is 0 Å². The molecule has 0 saturated heterocycles. The molecular weight excluding hydrogens is 625 g/mol. The first-order valence-corrected chi connectivity index (χ1v) is 10.2. The summed E-state index contributed by atoms with van der Waals surface area (Å²) < 4.78 is 225. The Hall–Kier alpha value is -1.45. The largest absolute Gasteiger partial charge is 0.440 e. The average Bonchev–Trinajstić information content (AvgIpc) is 2.76. The molecule has 0 spiro atoms.